The van der Waals surface area contributed by atoms with Gasteiger partial charge in [-0.3, -0.25) is 27.7 Å². The fraction of sp³-hybridized carbons (Fsp3) is 0.640. The molecule has 7 atom stereocenters. The molecule has 2 amide bonds. The number of anilines is 1. The van der Waals surface area contributed by atoms with E-state index < -0.39 is 78.6 Å². The Balaban J connectivity index is 1.51. The van der Waals surface area contributed by atoms with Crippen molar-refractivity contribution in [2.45, 2.75) is 50.9 Å². The molecule has 0 aliphatic carbocycles. The van der Waals surface area contributed by atoms with Crippen molar-refractivity contribution in [2.75, 3.05) is 50.1 Å². The highest BCUT2D eigenvalue weighted by Crippen LogP contribution is 2.61. The summed E-state index contributed by atoms with van der Waals surface area (Å²) in [6.07, 6.45) is -3.42. The van der Waals surface area contributed by atoms with E-state index in [4.69, 9.17) is 24.6 Å². The topological polar surface area (TPSA) is 367 Å². The number of imidazole rings is 1. The van der Waals surface area contributed by atoms with Crippen LogP contribution >= 0.6 is 35.2 Å². The number of phosphoric acid groups is 3. The number of nitrogens with two attached hydrogens (primary N) is 1. The first-order valence-electron chi connectivity index (χ1n) is 15.4. The lowest BCUT2D eigenvalue weighted by Gasteiger charge is -2.30. The average Bonchev–Trinajstić information content (AvgIpc) is 3.62. The number of hydrogen-bond acceptors (Lipinski definition) is 18. The van der Waals surface area contributed by atoms with E-state index in [1.165, 1.54) is 25.6 Å². The van der Waals surface area contributed by atoms with E-state index >= 15 is 0 Å². The number of nitrogen functional groups attached to an aromatic ring is 1. The van der Waals surface area contributed by atoms with Gasteiger partial charge in [-0.2, -0.15) is 16.1 Å². The number of thioether (sulfide) groups is 1. The number of aliphatic hydroxyl groups is 3. The van der Waals surface area contributed by atoms with Gasteiger partial charge in [0.1, 0.15) is 36.3 Å². The molecule has 11 N–H and O–H groups in total. The third kappa shape index (κ3) is 14.0. The standard InChI is InChI=1S/C25H42N7O17P3S/c1-25(2,20(36)23(37)28-6-5-16(34)27-7-10-53-9-4-3-8-33)12-46-52(43,44)49-51(41,42)45-11-15-19(48-50(38,39)40)18(35)24(47-15)32-14-31-17-21(26)29-13-30-22(17)32/h3-4,13-15,18-20,24,33,35-36H,5-12H2,1-2H3,(H,27,34)(H,28,37)(H,41,42)(H,43,44)(H2,26,29,30)(H2,38,39,40)/t15-,18-,19-,20+,24-/m1/s1. The summed E-state index contributed by atoms with van der Waals surface area (Å²) in [7, 11) is -16.3. The minimum atomic E-state index is -5.55. The number of fused-ring (bicyclic) bond motifs is 1. The Morgan fingerprint density at radius 3 is 2.47 bits per heavy atom. The van der Waals surface area contributed by atoms with Crippen molar-refractivity contribution in [1.29, 1.82) is 0 Å². The zero-order valence-electron chi connectivity index (χ0n) is 28.2. The van der Waals surface area contributed by atoms with Crippen LogP contribution in [0.2, 0.25) is 0 Å². The molecule has 2 unspecified atom stereocenters. The van der Waals surface area contributed by atoms with Gasteiger partial charge in [-0.1, -0.05) is 26.0 Å². The molecule has 24 nitrogen and oxygen atoms in total. The quantitative estimate of drug-likeness (QED) is 0.0374. The number of aliphatic hydroxyl groups excluding tert-OH is 3. The van der Waals surface area contributed by atoms with E-state index in [1.54, 1.807) is 12.2 Å². The van der Waals surface area contributed by atoms with E-state index in [0.29, 0.717) is 18.1 Å². The zero-order chi connectivity index (χ0) is 39.6. The van der Waals surface area contributed by atoms with Crippen LogP contribution < -0.4 is 16.4 Å². The normalized spacial score (nSPS) is 22.4. The van der Waals surface area contributed by atoms with Crippen LogP contribution in [-0.4, -0.2) is 135 Å². The number of amides is 2. The first-order chi connectivity index (χ1) is 24.7. The van der Waals surface area contributed by atoms with Crippen molar-refractivity contribution in [3.63, 3.8) is 0 Å². The van der Waals surface area contributed by atoms with Crippen molar-refractivity contribution in [2.24, 2.45) is 5.41 Å². The SMILES string of the molecule is CC(C)(COP(=O)(O)OP(=O)(O)OC[C@H]1O[C@@H](n2cnc3c(N)ncnc32)[C@H](O)[C@@H]1OP(=O)(O)O)[C@@H](O)C(=O)NCCC(=O)NCCSCC=CCO. The number of phosphoric ester groups is 3. The van der Waals surface area contributed by atoms with Gasteiger partial charge in [0.2, 0.25) is 11.8 Å². The maximum Gasteiger partial charge on any atom is 0.481 e. The number of rotatable bonds is 22. The number of ether oxygens (including phenoxy) is 1. The van der Waals surface area contributed by atoms with Crippen molar-refractivity contribution in [3.05, 3.63) is 24.8 Å². The predicted octanol–water partition coefficient (Wildman–Crippen LogP) is -1.31. The molecular weight excluding hydrogens is 795 g/mol. The minimum absolute atomic E-state index is 0.0340. The first kappa shape index (κ1) is 45.0. The van der Waals surface area contributed by atoms with E-state index in [1.807, 2.05) is 0 Å². The van der Waals surface area contributed by atoms with Crippen molar-refractivity contribution in [3.8, 4) is 0 Å². The lowest BCUT2D eigenvalue weighted by molar-refractivity contribution is -0.137. The molecule has 1 saturated heterocycles. The summed E-state index contributed by atoms with van der Waals surface area (Å²) in [4.78, 5) is 75.3. The van der Waals surface area contributed by atoms with Crippen molar-refractivity contribution >= 4 is 64.0 Å². The number of aromatic nitrogens is 4. The molecule has 0 radical (unpaired) electrons. The van der Waals surface area contributed by atoms with Crippen LogP contribution in [-0.2, 0) is 45.9 Å². The second-order valence-electron chi connectivity index (χ2n) is 11.8. The first-order valence-corrected chi connectivity index (χ1v) is 21.1. The Morgan fingerprint density at radius 2 is 1.79 bits per heavy atom. The van der Waals surface area contributed by atoms with E-state index in [0.717, 1.165) is 17.2 Å². The number of hydrogen-bond donors (Lipinski definition) is 10. The molecule has 0 saturated carbocycles. The summed E-state index contributed by atoms with van der Waals surface area (Å²) in [5.41, 5.74) is 4.29. The Kier molecular flexibility index (Phi) is 16.5. The summed E-state index contributed by atoms with van der Waals surface area (Å²) >= 11 is 1.53. The molecule has 3 heterocycles. The van der Waals surface area contributed by atoms with Crippen LogP contribution in [0.25, 0.3) is 11.2 Å². The summed E-state index contributed by atoms with van der Waals surface area (Å²) in [5, 5.41) is 35.1. The predicted molar refractivity (Wildman–Crippen MR) is 183 cm³/mol. The van der Waals surface area contributed by atoms with Crippen molar-refractivity contribution < 1.29 is 80.8 Å². The molecule has 0 spiro atoms. The molecule has 53 heavy (non-hydrogen) atoms. The zero-order valence-corrected chi connectivity index (χ0v) is 31.7. The third-order valence-electron chi connectivity index (χ3n) is 7.13. The van der Waals surface area contributed by atoms with Gasteiger partial charge in [-0.15, -0.1) is 0 Å². The van der Waals surface area contributed by atoms with Gasteiger partial charge in [0.05, 0.1) is 26.1 Å². The van der Waals surface area contributed by atoms with Gasteiger partial charge in [-0.05, 0) is 0 Å². The van der Waals surface area contributed by atoms with Crippen LogP contribution in [0.4, 0.5) is 5.82 Å². The van der Waals surface area contributed by atoms with Gasteiger partial charge < -0.3 is 56.0 Å². The van der Waals surface area contributed by atoms with Crippen LogP contribution in [0.3, 0.4) is 0 Å². The molecule has 0 bridgehead atoms. The van der Waals surface area contributed by atoms with Crippen LogP contribution in [0.5, 0.6) is 0 Å². The molecule has 2 aromatic rings. The molecule has 0 aromatic carbocycles. The lowest BCUT2D eigenvalue weighted by Crippen LogP contribution is -2.46. The highest BCUT2D eigenvalue weighted by molar-refractivity contribution is 7.99. The Morgan fingerprint density at radius 1 is 1.09 bits per heavy atom. The van der Waals surface area contributed by atoms with Crippen LogP contribution in [0, 0.1) is 5.41 Å². The van der Waals surface area contributed by atoms with Gasteiger partial charge >= 0.3 is 23.5 Å². The number of carbonyl (C=O) groups excluding carboxylic acids is 2. The third-order valence-corrected chi connectivity index (χ3v) is 11.2. The Hall–Kier alpha value is -2.41. The number of nitrogens with zero attached hydrogens (tertiary/aromatic N) is 4. The van der Waals surface area contributed by atoms with Gasteiger partial charge in [0.15, 0.2) is 17.7 Å². The van der Waals surface area contributed by atoms with Crippen LogP contribution in [0.15, 0.2) is 24.8 Å². The average molecular weight is 838 g/mol. The second kappa shape index (κ2) is 19.4. The molecular formula is C25H42N7O17P3S. The number of carbonyl (C=O) groups is 2. The highest BCUT2D eigenvalue weighted by atomic mass is 32.2. The monoisotopic (exact) mass is 837 g/mol. The van der Waals surface area contributed by atoms with Crippen molar-refractivity contribution in [1.82, 2.24) is 30.2 Å². The van der Waals surface area contributed by atoms with Gasteiger partial charge in [0, 0.05) is 36.4 Å². The Labute approximate surface area is 305 Å². The molecule has 28 heteroatoms. The molecule has 3 rings (SSSR count). The maximum absolute atomic E-state index is 12.6. The van der Waals surface area contributed by atoms with Gasteiger partial charge in [-0.25, -0.2) is 28.6 Å². The molecule has 1 aliphatic heterocycles. The molecule has 300 valence electrons. The fourth-order valence-electron chi connectivity index (χ4n) is 4.50. The lowest BCUT2D eigenvalue weighted by atomic mass is 9.87. The molecule has 1 aliphatic rings. The minimum Gasteiger partial charge on any atom is -0.392 e. The smallest absolute Gasteiger partial charge is 0.392 e. The fourth-order valence-corrected chi connectivity index (χ4v) is 8.01. The summed E-state index contributed by atoms with van der Waals surface area (Å²) < 4.78 is 62.0. The Bertz CT molecular complexity index is 1730. The highest BCUT2D eigenvalue weighted by Gasteiger charge is 2.50. The maximum atomic E-state index is 12.6. The van der Waals surface area contributed by atoms with E-state index in [9.17, 15) is 53.1 Å². The molecule has 1 fully saturated rings. The number of nitrogens with one attached hydrogen (secondary N) is 2. The van der Waals surface area contributed by atoms with E-state index in [-0.39, 0.29) is 42.5 Å². The second-order valence-corrected chi connectivity index (χ2v) is 17.2. The summed E-state index contributed by atoms with van der Waals surface area (Å²) in [6, 6.07) is 0. The van der Waals surface area contributed by atoms with E-state index in [2.05, 4.69) is 34.4 Å². The van der Waals surface area contributed by atoms with Gasteiger partial charge in [0.25, 0.3) is 0 Å². The molecule has 2 aromatic heterocycles. The largest absolute Gasteiger partial charge is 0.481 e. The summed E-state index contributed by atoms with van der Waals surface area (Å²) in [6.45, 7) is 0.689. The van der Waals surface area contributed by atoms with Crippen LogP contribution in [0.1, 0.15) is 26.5 Å². The summed E-state index contributed by atoms with van der Waals surface area (Å²) in [5.74, 6) is -0.0788.